The molecule has 2 aliphatic rings. The molecule has 1 aromatic carbocycles. The van der Waals surface area contributed by atoms with Crippen LogP contribution in [0, 0.1) is 12.8 Å². The fraction of sp³-hybridized carbons (Fsp3) is 0.529. The number of hydrogen-bond acceptors (Lipinski definition) is 4. The first-order valence-electron chi connectivity index (χ1n) is 7.79. The molecule has 0 saturated carbocycles. The van der Waals surface area contributed by atoms with Crippen LogP contribution in [0.5, 0.6) is 0 Å². The molecular weight excluding hydrogens is 300 g/mol. The van der Waals surface area contributed by atoms with E-state index in [0.29, 0.717) is 35.2 Å². The molecule has 0 amide bonds. The van der Waals surface area contributed by atoms with Gasteiger partial charge >= 0.3 is 0 Å². The minimum absolute atomic E-state index is 0.230. The zero-order chi connectivity index (χ0) is 15.7. The van der Waals surface area contributed by atoms with Gasteiger partial charge < -0.3 is 9.47 Å². The van der Waals surface area contributed by atoms with Gasteiger partial charge in [0.15, 0.2) is 0 Å². The Morgan fingerprint density at radius 3 is 2.55 bits per heavy atom. The fourth-order valence-corrected chi connectivity index (χ4v) is 4.66. The molecule has 0 radical (unpaired) electrons. The lowest BCUT2D eigenvalue weighted by atomic mass is 9.95. The minimum Gasteiger partial charge on any atom is -0.494 e. The average Bonchev–Trinajstić information content (AvgIpc) is 2.98. The maximum Gasteiger partial charge on any atom is 0.206 e. The van der Waals surface area contributed by atoms with Crippen molar-refractivity contribution in [2.75, 3.05) is 13.2 Å². The Morgan fingerprint density at radius 1 is 1.14 bits per heavy atom. The quantitative estimate of drug-likeness (QED) is 0.857. The summed E-state index contributed by atoms with van der Waals surface area (Å²) < 4.78 is 37.3. The molecule has 1 aromatic rings. The molecule has 0 aromatic heterocycles. The molecular formula is C17H22O4S. The Balaban J connectivity index is 2.00. The van der Waals surface area contributed by atoms with E-state index in [1.54, 1.807) is 12.1 Å². The third-order valence-corrected chi connectivity index (χ3v) is 6.34. The van der Waals surface area contributed by atoms with Crippen LogP contribution in [-0.4, -0.2) is 27.7 Å². The highest BCUT2D eigenvalue weighted by Crippen LogP contribution is 2.36. The third kappa shape index (κ3) is 2.79. The number of sulfone groups is 1. The average molecular weight is 322 g/mol. The Morgan fingerprint density at radius 2 is 1.86 bits per heavy atom. The summed E-state index contributed by atoms with van der Waals surface area (Å²) in [7, 11) is -3.50. The third-order valence-electron chi connectivity index (χ3n) is 4.39. The van der Waals surface area contributed by atoms with Gasteiger partial charge in [-0.05, 0) is 37.8 Å². The lowest BCUT2D eigenvalue weighted by molar-refractivity contribution is -0.0267. The summed E-state index contributed by atoms with van der Waals surface area (Å²) in [6, 6.07) is 6.98. The first-order valence-corrected chi connectivity index (χ1v) is 9.27. The number of hydrogen-bond donors (Lipinski definition) is 0. The van der Waals surface area contributed by atoms with E-state index < -0.39 is 9.84 Å². The van der Waals surface area contributed by atoms with E-state index in [1.807, 2.05) is 19.1 Å². The van der Waals surface area contributed by atoms with Gasteiger partial charge in [0.2, 0.25) is 9.84 Å². The van der Waals surface area contributed by atoms with E-state index in [4.69, 9.17) is 9.47 Å². The van der Waals surface area contributed by atoms with Crippen LogP contribution in [0.3, 0.4) is 0 Å². The summed E-state index contributed by atoms with van der Waals surface area (Å²) in [6.07, 6.45) is 2.25. The molecule has 22 heavy (non-hydrogen) atoms. The molecule has 0 aliphatic carbocycles. The van der Waals surface area contributed by atoms with Gasteiger partial charge in [0.1, 0.15) is 11.9 Å². The molecule has 0 spiro atoms. The minimum atomic E-state index is -3.50. The van der Waals surface area contributed by atoms with Crippen LogP contribution >= 0.6 is 0 Å². The van der Waals surface area contributed by atoms with Crippen LogP contribution in [0.15, 0.2) is 39.8 Å². The smallest absolute Gasteiger partial charge is 0.206 e. The van der Waals surface area contributed by atoms with E-state index in [0.717, 1.165) is 18.4 Å². The fourth-order valence-electron chi connectivity index (χ4n) is 3.09. The largest absolute Gasteiger partial charge is 0.494 e. The molecule has 0 bridgehead atoms. The highest BCUT2D eigenvalue weighted by molar-refractivity contribution is 7.95. The standard InChI is InChI=1S/C17H22O4S/c1-12-5-7-14(8-6-12)22(18,19)15-9-11-21-17(15)16-13(2)4-3-10-20-16/h5-8,13,16H,3-4,9-11H2,1-2H3/t13-,16+/m1/s1. The number of aryl methyl sites for hydroxylation is 1. The maximum atomic E-state index is 12.9. The molecule has 0 unspecified atom stereocenters. The topological polar surface area (TPSA) is 52.6 Å². The van der Waals surface area contributed by atoms with E-state index in [2.05, 4.69) is 6.92 Å². The summed E-state index contributed by atoms with van der Waals surface area (Å²) >= 11 is 0. The van der Waals surface area contributed by atoms with Crippen LogP contribution in [0.1, 0.15) is 31.7 Å². The summed E-state index contributed by atoms with van der Waals surface area (Å²) in [5.74, 6) is 0.817. The van der Waals surface area contributed by atoms with Gasteiger partial charge in [0.25, 0.3) is 0 Å². The van der Waals surface area contributed by atoms with Gasteiger partial charge in [-0.2, -0.15) is 0 Å². The van der Waals surface area contributed by atoms with Crippen LogP contribution in [0.2, 0.25) is 0 Å². The van der Waals surface area contributed by atoms with Crippen LogP contribution in [0.4, 0.5) is 0 Å². The zero-order valence-electron chi connectivity index (χ0n) is 13.0. The molecule has 3 rings (SSSR count). The van der Waals surface area contributed by atoms with E-state index >= 15 is 0 Å². The van der Waals surface area contributed by atoms with Crippen molar-refractivity contribution in [1.82, 2.24) is 0 Å². The van der Waals surface area contributed by atoms with Crippen molar-refractivity contribution in [2.24, 2.45) is 5.92 Å². The summed E-state index contributed by atoms with van der Waals surface area (Å²) in [4.78, 5) is 0.731. The van der Waals surface area contributed by atoms with Gasteiger partial charge in [0, 0.05) is 13.0 Å². The van der Waals surface area contributed by atoms with Crippen molar-refractivity contribution < 1.29 is 17.9 Å². The van der Waals surface area contributed by atoms with Gasteiger partial charge in [0.05, 0.1) is 16.4 Å². The highest BCUT2D eigenvalue weighted by Gasteiger charge is 2.37. The van der Waals surface area contributed by atoms with E-state index in [9.17, 15) is 8.42 Å². The van der Waals surface area contributed by atoms with Gasteiger partial charge in [-0.3, -0.25) is 0 Å². The number of rotatable bonds is 3. The molecule has 2 atom stereocenters. The highest BCUT2D eigenvalue weighted by atomic mass is 32.2. The van der Waals surface area contributed by atoms with Gasteiger partial charge in [-0.25, -0.2) is 8.42 Å². The van der Waals surface area contributed by atoms with Crippen LogP contribution < -0.4 is 0 Å². The van der Waals surface area contributed by atoms with Crippen molar-refractivity contribution in [3.8, 4) is 0 Å². The first kappa shape index (κ1) is 15.6. The summed E-state index contributed by atoms with van der Waals surface area (Å²) in [5.41, 5.74) is 1.04. The Hall–Kier alpha value is -1.33. The normalized spacial score (nSPS) is 26.1. The van der Waals surface area contributed by atoms with Gasteiger partial charge in [-0.1, -0.05) is 24.6 Å². The predicted octanol–water partition coefficient (Wildman–Crippen LogP) is 3.22. The predicted molar refractivity (Wildman–Crippen MR) is 84.1 cm³/mol. The van der Waals surface area contributed by atoms with Crippen LogP contribution in [-0.2, 0) is 19.3 Å². The lowest BCUT2D eigenvalue weighted by Gasteiger charge is -2.30. The number of ether oxygens (including phenoxy) is 2. The molecule has 0 N–H and O–H groups in total. The SMILES string of the molecule is Cc1ccc(S(=O)(=O)C2=C([C@H]3OCCC[C@H]3C)OCC2)cc1. The molecule has 4 nitrogen and oxygen atoms in total. The van der Waals surface area contributed by atoms with Crippen LogP contribution in [0.25, 0.3) is 0 Å². The second-order valence-electron chi connectivity index (χ2n) is 6.11. The maximum absolute atomic E-state index is 12.9. The summed E-state index contributed by atoms with van der Waals surface area (Å²) in [5, 5.41) is 0. The van der Waals surface area contributed by atoms with Crippen molar-refractivity contribution in [2.45, 2.75) is 44.1 Å². The molecule has 120 valence electrons. The Kier molecular flexibility index (Phi) is 4.28. The van der Waals surface area contributed by atoms with E-state index in [1.165, 1.54) is 0 Å². The summed E-state index contributed by atoms with van der Waals surface area (Å²) in [6.45, 7) is 5.12. The first-order chi connectivity index (χ1) is 10.5. The molecule has 1 fully saturated rings. The second-order valence-corrected chi connectivity index (χ2v) is 8.08. The molecule has 2 aliphatic heterocycles. The zero-order valence-corrected chi connectivity index (χ0v) is 13.9. The Labute approximate surface area is 132 Å². The van der Waals surface area contributed by atoms with Crippen molar-refractivity contribution in [3.05, 3.63) is 40.5 Å². The number of benzene rings is 1. The van der Waals surface area contributed by atoms with E-state index in [-0.39, 0.29) is 12.0 Å². The molecule has 5 heteroatoms. The van der Waals surface area contributed by atoms with Gasteiger partial charge in [-0.15, -0.1) is 0 Å². The monoisotopic (exact) mass is 322 g/mol. The van der Waals surface area contributed by atoms with Crippen molar-refractivity contribution >= 4 is 9.84 Å². The van der Waals surface area contributed by atoms with Crippen molar-refractivity contribution in [1.29, 1.82) is 0 Å². The molecule has 2 heterocycles. The lowest BCUT2D eigenvalue weighted by Crippen LogP contribution is -2.30. The Bertz CT molecular complexity index is 673. The molecule has 1 saturated heterocycles. The second kappa shape index (κ2) is 6.05. The van der Waals surface area contributed by atoms with Crippen molar-refractivity contribution in [3.63, 3.8) is 0 Å².